The molecule has 1 N–H and O–H groups in total. The fraction of sp³-hybridized carbons (Fsp3) is 0.417. The van der Waals surface area contributed by atoms with E-state index in [-0.39, 0.29) is 28.3 Å². The number of nitrogens with zero attached hydrogens (tertiary/aromatic N) is 1. The molecular formula is C12H15ClN2O4. The molecule has 0 aliphatic carbocycles. The average Bonchev–Trinajstić information content (AvgIpc) is 2.35. The number of hydrogen-bond acceptors (Lipinski definition) is 4. The van der Waals surface area contributed by atoms with E-state index < -0.39 is 4.92 Å². The van der Waals surface area contributed by atoms with Gasteiger partial charge in [-0.2, -0.15) is 0 Å². The van der Waals surface area contributed by atoms with Gasteiger partial charge in [0.1, 0.15) is 5.02 Å². The molecule has 0 radical (unpaired) electrons. The lowest BCUT2D eigenvalue weighted by atomic mass is 10.2. The highest BCUT2D eigenvalue weighted by Crippen LogP contribution is 2.24. The Bertz CT molecular complexity index is 479. The van der Waals surface area contributed by atoms with Crippen LogP contribution < -0.4 is 5.32 Å². The lowest BCUT2D eigenvalue weighted by molar-refractivity contribution is -0.384. The third kappa shape index (κ3) is 4.50. The summed E-state index contributed by atoms with van der Waals surface area (Å²) in [5, 5.41) is 13.2. The van der Waals surface area contributed by atoms with Crippen molar-refractivity contribution < 1.29 is 14.5 Å². The Kier molecular flexibility index (Phi) is 5.72. The Morgan fingerprint density at radius 2 is 2.26 bits per heavy atom. The zero-order chi connectivity index (χ0) is 14.4. The predicted octanol–water partition coefficient (Wildman–Crippen LogP) is 2.40. The first kappa shape index (κ1) is 15.4. The van der Waals surface area contributed by atoms with Crippen molar-refractivity contribution in [2.24, 2.45) is 0 Å². The average molecular weight is 287 g/mol. The van der Waals surface area contributed by atoms with Crippen LogP contribution in [0.4, 0.5) is 5.69 Å². The van der Waals surface area contributed by atoms with Crippen LogP contribution in [0.2, 0.25) is 5.02 Å². The van der Waals surface area contributed by atoms with E-state index in [9.17, 15) is 14.9 Å². The van der Waals surface area contributed by atoms with Crippen molar-refractivity contribution in [2.45, 2.75) is 20.0 Å². The Hall–Kier alpha value is -1.66. The molecule has 0 aromatic heterocycles. The molecule has 1 aromatic carbocycles. The van der Waals surface area contributed by atoms with Crippen LogP contribution in [0.5, 0.6) is 0 Å². The fourth-order valence-corrected chi connectivity index (χ4v) is 1.73. The van der Waals surface area contributed by atoms with Gasteiger partial charge in [0.05, 0.1) is 11.0 Å². The topological polar surface area (TPSA) is 81.5 Å². The molecule has 0 spiro atoms. The quantitative estimate of drug-likeness (QED) is 0.643. The molecule has 1 aromatic rings. The van der Waals surface area contributed by atoms with Crippen molar-refractivity contribution >= 4 is 23.2 Å². The van der Waals surface area contributed by atoms with Crippen molar-refractivity contribution in [3.8, 4) is 0 Å². The molecule has 104 valence electrons. The second-order valence-electron chi connectivity index (χ2n) is 3.90. The van der Waals surface area contributed by atoms with Gasteiger partial charge >= 0.3 is 0 Å². The number of benzene rings is 1. The lowest BCUT2D eigenvalue weighted by Crippen LogP contribution is -2.32. The molecule has 0 aliphatic rings. The van der Waals surface area contributed by atoms with Gasteiger partial charge in [-0.05, 0) is 26.0 Å². The minimum atomic E-state index is -0.596. The number of rotatable bonds is 6. The summed E-state index contributed by atoms with van der Waals surface area (Å²) in [5.41, 5.74) is 0.0557. The standard InChI is InChI=1S/C12H15ClN2O4/c1-3-19-8(2)7-14-12(16)9-4-5-11(15(17)18)10(13)6-9/h4-6,8H,3,7H2,1-2H3,(H,14,16). The highest BCUT2D eigenvalue weighted by Gasteiger charge is 2.15. The van der Waals surface area contributed by atoms with Crippen LogP contribution in [-0.2, 0) is 4.74 Å². The summed E-state index contributed by atoms with van der Waals surface area (Å²) < 4.78 is 5.27. The zero-order valence-electron chi connectivity index (χ0n) is 10.7. The van der Waals surface area contributed by atoms with E-state index in [1.54, 1.807) is 0 Å². The number of ether oxygens (including phenoxy) is 1. The minimum Gasteiger partial charge on any atom is -0.377 e. The number of amides is 1. The zero-order valence-corrected chi connectivity index (χ0v) is 11.4. The van der Waals surface area contributed by atoms with Crippen LogP contribution in [0, 0.1) is 10.1 Å². The Morgan fingerprint density at radius 3 is 2.79 bits per heavy atom. The van der Waals surface area contributed by atoms with Gasteiger partial charge in [-0.25, -0.2) is 0 Å². The Labute approximate surface area is 115 Å². The first-order valence-corrected chi connectivity index (χ1v) is 6.17. The van der Waals surface area contributed by atoms with Gasteiger partial charge < -0.3 is 10.1 Å². The first-order valence-electron chi connectivity index (χ1n) is 5.79. The minimum absolute atomic E-state index is 0.0597. The maximum Gasteiger partial charge on any atom is 0.287 e. The third-order valence-electron chi connectivity index (χ3n) is 2.41. The number of carbonyl (C=O) groups is 1. The number of nitro benzene ring substituents is 1. The Balaban J connectivity index is 2.68. The van der Waals surface area contributed by atoms with Crippen LogP contribution >= 0.6 is 11.6 Å². The normalized spacial score (nSPS) is 11.9. The molecule has 1 amide bonds. The highest BCUT2D eigenvalue weighted by molar-refractivity contribution is 6.33. The van der Waals surface area contributed by atoms with Gasteiger partial charge in [-0.3, -0.25) is 14.9 Å². The van der Waals surface area contributed by atoms with Crippen molar-refractivity contribution in [3.63, 3.8) is 0 Å². The van der Waals surface area contributed by atoms with Gasteiger partial charge in [-0.1, -0.05) is 11.6 Å². The third-order valence-corrected chi connectivity index (χ3v) is 2.71. The van der Waals surface area contributed by atoms with Crippen LogP contribution in [-0.4, -0.2) is 30.1 Å². The van der Waals surface area contributed by atoms with E-state index in [1.165, 1.54) is 18.2 Å². The number of nitrogens with one attached hydrogen (secondary N) is 1. The summed E-state index contributed by atoms with van der Waals surface area (Å²) >= 11 is 5.73. The van der Waals surface area contributed by atoms with E-state index >= 15 is 0 Å². The molecule has 0 saturated heterocycles. The molecule has 19 heavy (non-hydrogen) atoms. The number of nitro groups is 1. The molecular weight excluding hydrogens is 272 g/mol. The molecule has 0 bridgehead atoms. The molecule has 1 rings (SSSR count). The van der Waals surface area contributed by atoms with E-state index in [0.717, 1.165) is 0 Å². The first-order chi connectivity index (χ1) is 8.95. The second-order valence-corrected chi connectivity index (χ2v) is 4.31. The predicted molar refractivity (Wildman–Crippen MR) is 71.5 cm³/mol. The Morgan fingerprint density at radius 1 is 1.58 bits per heavy atom. The molecule has 7 heteroatoms. The summed E-state index contributed by atoms with van der Waals surface area (Å²) in [7, 11) is 0. The van der Waals surface area contributed by atoms with Crippen LogP contribution in [0.1, 0.15) is 24.2 Å². The summed E-state index contributed by atoms with van der Waals surface area (Å²) in [6.07, 6.45) is -0.0949. The summed E-state index contributed by atoms with van der Waals surface area (Å²) in [6.45, 7) is 4.64. The second kappa shape index (κ2) is 7.06. The van der Waals surface area contributed by atoms with E-state index in [0.29, 0.717) is 13.2 Å². The van der Waals surface area contributed by atoms with Crippen LogP contribution in [0.15, 0.2) is 18.2 Å². The van der Waals surface area contributed by atoms with Gasteiger partial charge in [-0.15, -0.1) is 0 Å². The molecule has 0 heterocycles. The number of hydrogen-bond donors (Lipinski definition) is 1. The molecule has 1 atom stereocenters. The van der Waals surface area contributed by atoms with Crippen molar-refractivity contribution in [1.82, 2.24) is 5.32 Å². The smallest absolute Gasteiger partial charge is 0.287 e. The van der Waals surface area contributed by atoms with Gasteiger partial charge in [0.2, 0.25) is 0 Å². The van der Waals surface area contributed by atoms with E-state index in [1.807, 2.05) is 13.8 Å². The summed E-state index contributed by atoms with van der Waals surface area (Å²) in [4.78, 5) is 21.8. The number of carbonyl (C=O) groups excluding carboxylic acids is 1. The largest absolute Gasteiger partial charge is 0.377 e. The van der Waals surface area contributed by atoms with Crippen molar-refractivity contribution in [2.75, 3.05) is 13.2 Å². The molecule has 0 aliphatic heterocycles. The van der Waals surface area contributed by atoms with Crippen LogP contribution in [0.25, 0.3) is 0 Å². The molecule has 0 saturated carbocycles. The van der Waals surface area contributed by atoms with Gasteiger partial charge in [0.25, 0.3) is 11.6 Å². The summed E-state index contributed by atoms with van der Waals surface area (Å²) in [5.74, 6) is -0.344. The maximum atomic E-state index is 11.8. The van der Waals surface area contributed by atoms with Gasteiger partial charge in [0.15, 0.2) is 0 Å². The number of halogens is 1. The maximum absolute atomic E-state index is 11.8. The SMILES string of the molecule is CCOC(C)CNC(=O)c1ccc([N+](=O)[O-])c(Cl)c1. The fourth-order valence-electron chi connectivity index (χ4n) is 1.48. The van der Waals surface area contributed by atoms with Crippen molar-refractivity contribution in [1.29, 1.82) is 0 Å². The lowest BCUT2D eigenvalue weighted by Gasteiger charge is -2.12. The van der Waals surface area contributed by atoms with Crippen LogP contribution in [0.3, 0.4) is 0 Å². The molecule has 0 fully saturated rings. The molecule has 6 nitrogen and oxygen atoms in total. The van der Waals surface area contributed by atoms with E-state index in [2.05, 4.69) is 5.32 Å². The van der Waals surface area contributed by atoms with Gasteiger partial charge in [0, 0.05) is 24.8 Å². The molecule has 1 unspecified atom stereocenters. The van der Waals surface area contributed by atoms with Crippen molar-refractivity contribution in [3.05, 3.63) is 38.9 Å². The van der Waals surface area contributed by atoms with E-state index in [4.69, 9.17) is 16.3 Å². The highest BCUT2D eigenvalue weighted by atomic mass is 35.5. The monoisotopic (exact) mass is 286 g/mol. The summed E-state index contributed by atoms with van der Waals surface area (Å²) in [6, 6.07) is 3.86.